The molecule has 0 saturated carbocycles. The van der Waals surface area contributed by atoms with E-state index in [9.17, 15) is 10.1 Å². The van der Waals surface area contributed by atoms with Crippen LogP contribution in [-0.4, -0.2) is 22.9 Å². The van der Waals surface area contributed by atoms with E-state index in [1.54, 1.807) is 12.1 Å². The lowest BCUT2D eigenvalue weighted by molar-refractivity contribution is -0.384. The lowest BCUT2D eigenvalue weighted by Crippen LogP contribution is -2.27. The van der Waals surface area contributed by atoms with Gasteiger partial charge in [0.15, 0.2) is 0 Å². The van der Waals surface area contributed by atoms with Gasteiger partial charge in [-0.05, 0) is 37.2 Å². The molecule has 0 radical (unpaired) electrons. The van der Waals surface area contributed by atoms with E-state index in [1.165, 1.54) is 12.1 Å². The molecular weight excluding hydrogens is 280 g/mol. The van der Waals surface area contributed by atoms with Crippen molar-refractivity contribution in [1.29, 1.82) is 0 Å². The quantitative estimate of drug-likeness (QED) is 0.640. The zero-order valence-corrected chi connectivity index (χ0v) is 12.5. The van der Waals surface area contributed by atoms with Crippen LogP contribution in [0.3, 0.4) is 0 Å². The van der Waals surface area contributed by atoms with E-state index in [4.69, 9.17) is 4.74 Å². The normalized spacial score (nSPS) is 25.3. The van der Waals surface area contributed by atoms with Crippen molar-refractivity contribution >= 4 is 5.69 Å². The van der Waals surface area contributed by atoms with Crippen molar-refractivity contribution in [3.05, 3.63) is 75.8 Å². The van der Waals surface area contributed by atoms with E-state index >= 15 is 0 Å². The fraction of sp³-hybridized carbons (Fsp3) is 0.294. The second kappa shape index (κ2) is 5.87. The van der Waals surface area contributed by atoms with E-state index < -0.39 is 4.92 Å². The van der Waals surface area contributed by atoms with Crippen LogP contribution in [0.5, 0.6) is 0 Å². The Kier molecular flexibility index (Phi) is 3.92. The number of rotatable bonds is 3. The second-order valence-corrected chi connectivity index (χ2v) is 5.57. The van der Waals surface area contributed by atoms with Gasteiger partial charge in [-0.15, -0.1) is 0 Å². The number of ether oxygens (including phenoxy) is 1. The first-order valence-corrected chi connectivity index (χ1v) is 7.24. The molecule has 2 aromatic rings. The summed E-state index contributed by atoms with van der Waals surface area (Å²) in [6.07, 6.45) is -0.201. The van der Waals surface area contributed by atoms with Gasteiger partial charge in [0.1, 0.15) is 12.3 Å². The van der Waals surface area contributed by atoms with Gasteiger partial charge >= 0.3 is 0 Å². The van der Waals surface area contributed by atoms with Crippen molar-refractivity contribution in [2.24, 2.45) is 0 Å². The van der Waals surface area contributed by atoms with Crippen molar-refractivity contribution in [3.63, 3.8) is 0 Å². The van der Waals surface area contributed by atoms with Gasteiger partial charge in [0.05, 0.1) is 4.92 Å². The average Bonchev–Trinajstić information content (AvgIpc) is 2.84. The molecule has 2 aromatic carbocycles. The van der Waals surface area contributed by atoms with Crippen molar-refractivity contribution in [1.82, 2.24) is 4.90 Å². The molecule has 0 aliphatic carbocycles. The number of likely N-dealkylation sites (N-methyl/N-ethyl adjacent to an activating group) is 1. The van der Waals surface area contributed by atoms with Gasteiger partial charge in [-0.25, -0.2) is 0 Å². The molecule has 0 spiro atoms. The highest BCUT2D eigenvalue weighted by Crippen LogP contribution is 2.41. The van der Waals surface area contributed by atoms with Gasteiger partial charge in [0.2, 0.25) is 0 Å². The molecule has 0 unspecified atom stereocenters. The summed E-state index contributed by atoms with van der Waals surface area (Å²) in [7, 11) is 2.01. The molecule has 0 bridgehead atoms. The molecule has 5 heteroatoms. The summed E-state index contributed by atoms with van der Waals surface area (Å²) in [5, 5.41) is 10.8. The highest BCUT2D eigenvalue weighted by atomic mass is 16.6. The zero-order chi connectivity index (χ0) is 15.7. The third-order valence-corrected chi connectivity index (χ3v) is 4.24. The highest BCUT2D eigenvalue weighted by molar-refractivity contribution is 5.34. The standard InChI is InChI=1S/C17H18N2O3/c1-12-16(13-6-4-3-5-7-13)22-17(18(12)2)14-8-10-15(11-9-14)19(20)21/h3-12,16-17H,1-2H3/t12-,16+,17+/m0/s1. The number of non-ortho nitro benzene ring substituents is 1. The van der Waals surface area contributed by atoms with Gasteiger partial charge in [0, 0.05) is 18.2 Å². The zero-order valence-electron chi connectivity index (χ0n) is 12.5. The molecule has 1 fully saturated rings. The van der Waals surface area contributed by atoms with Crippen LogP contribution in [0.25, 0.3) is 0 Å². The SMILES string of the molecule is C[C@H]1[C@H](c2ccccc2)O[C@H](c2ccc([N+](=O)[O-])cc2)N1C. The topological polar surface area (TPSA) is 55.6 Å². The molecule has 1 aliphatic rings. The first-order chi connectivity index (χ1) is 10.6. The molecule has 3 atom stereocenters. The predicted octanol–water partition coefficient (Wildman–Crippen LogP) is 3.69. The van der Waals surface area contributed by atoms with E-state index in [0.29, 0.717) is 0 Å². The number of nitro groups is 1. The number of nitrogens with zero attached hydrogens (tertiary/aromatic N) is 2. The average molecular weight is 298 g/mol. The maximum Gasteiger partial charge on any atom is 0.269 e. The van der Waals surface area contributed by atoms with Crippen LogP contribution in [0, 0.1) is 10.1 Å². The van der Waals surface area contributed by atoms with Crippen molar-refractivity contribution in [2.45, 2.75) is 25.3 Å². The Balaban J connectivity index is 1.85. The van der Waals surface area contributed by atoms with Crippen LogP contribution in [0.4, 0.5) is 5.69 Å². The van der Waals surface area contributed by atoms with Gasteiger partial charge in [-0.2, -0.15) is 0 Å². The van der Waals surface area contributed by atoms with Crippen LogP contribution in [0.15, 0.2) is 54.6 Å². The Hall–Kier alpha value is -2.24. The number of nitro benzene ring substituents is 1. The van der Waals surface area contributed by atoms with Gasteiger partial charge in [-0.1, -0.05) is 30.3 Å². The Morgan fingerprint density at radius 3 is 2.27 bits per heavy atom. The predicted molar refractivity (Wildman–Crippen MR) is 83.3 cm³/mol. The summed E-state index contributed by atoms with van der Waals surface area (Å²) in [4.78, 5) is 12.5. The smallest absolute Gasteiger partial charge is 0.269 e. The summed E-state index contributed by atoms with van der Waals surface area (Å²) < 4.78 is 6.21. The molecule has 1 heterocycles. The Labute approximate surface area is 129 Å². The summed E-state index contributed by atoms with van der Waals surface area (Å²) >= 11 is 0. The van der Waals surface area contributed by atoms with Crippen LogP contribution < -0.4 is 0 Å². The first-order valence-electron chi connectivity index (χ1n) is 7.24. The van der Waals surface area contributed by atoms with Gasteiger partial charge in [0.25, 0.3) is 5.69 Å². The fourth-order valence-electron chi connectivity index (χ4n) is 2.85. The Bertz CT molecular complexity index is 657. The molecule has 114 valence electrons. The molecule has 22 heavy (non-hydrogen) atoms. The minimum atomic E-state index is -0.390. The Morgan fingerprint density at radius 1 is 1.05 bits per heavy atom. The third kappa shape index (κ3) is 2.61. The minimum Gasteiger partial charge on any atom is -0.349 e. The molecule has 0 amide bonds. The van der Waals surface area contributed by atoms with Crippen LogP contribution in [-0.2, 0) is 4.74 Å². The van der Waals surface area contributed by atoms with E-state index in [-0.39, 0.29) is 24.1 Å². The van der Waals surface area contributed by atoms with Crippen LogP contribution in [0.2, 0.25) is 0 Å². The van der Waals surface area contributed by atoms with E-state index in [0.717, 1.165) is 11.1 Å². The molecule has 3 rings (SSSR count). The fourth-order valence-corrected chi connectivity index (χ4v) is 2.85. The van der Waals surface area contributed by atoms with Crippen molar-refractivity contribution in [3.8, 4) is 0 Å². The lowest BCUT2D eigenvalue weighted by Gasteiger charge is -2.21. The Morgan fingerprint density at radius 2 is 1.68 bits per heavy atom. The maximum absolute atomic E-state index is 10.8. The molecule has 1 saturated heterocycles. The summed E-state index contributed by atoms with van der Waals surface area (Å²) in [6.45, 7) is 2.13. The molecule has 0 aromatic heterocycles. The molecular formula is C17H18N2O3. The molecule has 0 N–H and O–H groups in total. The van der Waals surface area contributed by atoms with E-state index in [2.05, 4.69) is 24.0 Å². The van der Waals surface area contributed by atoms with Crippen LogP contribution >= 0.6 is 0 Å². The highest BCUT2D eigenvalue weighted by Gasteiger charge is 2.38. The van der Waals surface area contributed by atoms with Crippen LogP contribution in [0.1, 0.15) is 30.4 Å². The lowest BCUT2D eigenvalue weighted by atomic mass is 10.0. The second-order valence-electron chi connectivity index (χ2n) is 5.57. The first kappa shape index (κ1) is 14.7. The maximum atomic E-state index is 10.8. The number of benzene rings is 2. The van der Waals surface area contributed by atoms with Crippen molar-refractivity contribution in [2.75, 3.05) is 7.05 Å². The largest absolute Gasteiger partial charge is 0.349 e. The molecule has 5 nitrogen and oxygen atoms in total. The van der Waals surface area contributed by atoms with Crippen molar-refractivity contribution < 1.29 is 9.66 Å². The number of hydrogen-bond acceptors (Lipinski definition) is 4. The molecule has 1 aliphatic heterocycles. The monoisotopic (exact) mass is 298 g/mol. The summed E-state index contributed by atoms with van der Waals surface area (Å²) in [5.74, 6) is 0. The van der Waals surface area contributed by atoms with E-state index in [1.807, 2.05) is 25.2 Å². The number of hydrogen-bond donors (Lipinski definition) is 0. The minimum absolute atomic E-state index is 0.00797. The van der Waals surface area contributed by atoms with Gasteiger partial charge in [-0.3, -0.25) is 15.0 Å². The summed E-state index contributed by atoms with van der Waals surface area (Å²) in [6, 6.07) is 16.9. The third-order valence-electron chi connectivity index (χ3n) is 4.24. The summed E-state index contributed by atoms with van der Waals surface area (Å²) in [5.41, 5.74) is 2.17. The van der Waals surface area contributed by atoms with Gasteiger partial charge < -0.3 is 4.74 Å².